The molecule has 1 amide bonds. The van der Waals surface area contributed by atoms with Gasteiger partial charge in [0.15, 0.2) is 0 Å². The summed E-state index contributed by atoms with van der Waals surface area (Å²) in [5.74, 6) is 0.981. The fourth-order valence-corrected chi connectivity index (χ4v) is 2.89. The maximum Gasteiger partial charge on any atom is 0.236 e. The van der Waals surface area contributed by atoms with Crippen LogP contribution in [-0.2, 0) is 4.79 Å². The van der Waals surface area contributed by atoms with E-state index in [4.69, 9.17) is 0 Å². The fraction of sp³-hybridized carbons (Fsp3) is 0.909. The molecule has 1 aliphatic heterocycles. The van der Waals surface area contributed by atoms with Crippen LogP contribution in [0.2, 0.25) is 0 Å². The standard InChI is InChI=1S/C11H18BrNO/c1-7(2)11(3)6-9(11)13-5-4-8(12)10(13)14/h7-9H,4-6H2,1-3H3. The molecule has 0 aromatic rings. The summed E-state index contributed by atoms with van der Waals surface area (Å²) in [5, 5.41) is 0. The molecule has 1 saturated heterocycles. The van der Waals surface area contributed by atoms with Gasteiger partial charge in [-0.25, -0.2) is 0 Å². The highest BCUT2D eigenvalue weighted by Crippen LogP contribution is 2.55. The molecular formula is C11H18BrNO. The first-order valence-electron chi connectivity index (χ1n) is 5.41. The van der Waals surface area contributed by atoms with Gasteiger partial charge in [-0.2, -0.15) is 0 Å². The third-order valence-corrected chi connectivity index (χ3v) is 4.95. The monoisotopic (exact) mass is 259 g/mol. The Morgan fingerprint density at radius 3 is 2.57 bits per heavy atom. The molecule has 2 fully saturated rings. The molecule has 0 N–H and O–H groups in total. The number of halogens is 1. The van der Waals surface area contributed by atoms with E-state index in [-0.39, 0.29) is 4.83 Å². The Balaban J connectivity index is 2.04. The van der Waals surface area contributed by atoms with Gasteiger partial charge in [0.05, 0.1) is 4.83 Å². The highest BCUT2D eigenvalue weighted by atomic mass is 79.9. The molecule has 2 aliphatic rings. The van der Waals surface area contributed by atoms with Gasteiger partial charge < -0.3 is 4.90 Å². The number of alkyl halides is 1. The SMILES string of the molecule is CC(C)C1(C)CC1N1CCC(Br)C1=O. The molecule has 0 aromatic heterocycles. The van der Waals surface area contributed by atoms with Crippen LogP contribution in [0.3, 0.4) is 0 Å². The Morgan fingerprint density at radius 2 is 2.21 bits per heavy atom. The van der Waals surface area contributed by atoms with E-state index < -0.39 is 0 Å². The second kappa shape index (κ2) is 3.22. The van der Waals surface area contributed by atoms with Gasteiger partial charge in [0, 0.05) is 12.6 Å². The number of carbonyl (C=O) groups excluding carboxylic acids is 1. The summed E-state index contributed by atoms with van der Waals surface area (Å²) in [5.41, 5.74) is 0.382. The van der Waals surface area contributed by atoms with Crippen molar-refractivity contribution in [3.8, 4) is 0 Å². The van der Waals surface area contributed by atoms with Gasteiger partial charge in [0.2, 0.25) is 5.91 Å². The molecule has 2 rings (SSSR count). The van der Waals surface area contributed by atoms with Crippen LogP contribution in [0.25, 0.3) is 0 Å². The maximum atomic E-state index is 11.8. The van der Waals surface area contributed by atoms with E-state index in [2.05, 4.69) is 41.6 Å². The minimum atomic E-state index is 0.0829. The van der Waals surface area contributed by atoms with Gasteiger partial charge in [-0.3, -0.25) is 4.79 Å². The van der Waals surface area contributed by atoms with Crippen molar-refractivity contribution in [3.63, 3.8) is 0 Å². The van der Waals surface area contributed by atoms with Crippen molar-refractivity contribution in [2.45, 2.75) is 44.5 Å². The predicted molar refractivity (Wildman–Crippen MR) is 60.4 cm³/mol. The first kappa shape index (κ1) is 10.5. The second-order valence-corrected chi connectivity index (χ2v) is 6.27. The summed E-state index contributed by atoms with van der Waals surface area (Å²) in [6.45, 7) is 7.76. The van der Waals surface area contributed by atoms with Crippen molar-refractivity contribution >= 4 is 21.8 Å². The molecule has 0 spiro atoms. The quantitative estimate of drug-likeness (QED) is 0.698. The summed E-state index contributed by atoms with van der Waals surface area (Å²) in [7, 11) is 0. The summed E-state index contributed by atoms with van der Waals surface area (Å²) in [6.07, 6.45) is 2.17. The average molecular weight is 260 g/mol. The lowest BCUT2D eigenvalue weighted by Crippen LogP contribution is -2.33. The number of carbonyl (C=O) groups is 1. The Labute approximate surface area is 94.2 Å². The van der Waals surface area contributed by atoms with Crippen LogP contribution in [0.4, 0.5) is 0 Å². The van der Waals surface area contributed by atoms with E-state index in [1.165, 1.54) is 6.42 Å². The number of nitrogens with zero attached hydrogens (tertiary/aromatic N) is 1. The molecule has 1 aliphatic carbocycles. The lowest BCUT2D eigenvalue weighted by atomic mass is 9.94. The van der Waals surface area contributed by atoms with Crippen molar-refractivity contribution in [2.75, 3.05) is 6.54 Å². The van der Waals surface area contributed by atoms with Crippen LogP contribution >= 0.6 is 15.9 Å². The van der Waals surface area contributed by atoms with Gasteiger partial charge in [-0.05, 0) is 24.2 Å². The zero-order valence-electron chi connectivity index (χ0n) is 9.09. The van der Waals surface area contributed by atoms with Crippen LogP contribution in [0.15, 0.2) is 0 Å². The normalized spacial score (nSPS) is 42.4. The van der Waals surface area contributed by atoms with Crippen LogP contribution in [0.5, 0.6) is 0 Å². The highest BCUT2D eigenvalue weighted by Gasteiger charge is 2.57. The second-order valence-electron chi connectivity index (χ2n) is 5.17. The summed E-state index contributed by atoms with van der Waals surface area (Å²) >= 11 is 3.42. The molecule has 80 valence electrons. The number of hydrogen-bond acceptors (Lipinski definition) is 1. The van der Waals surface area contributed by atoms with Crippen LogP contribution in [0.1, 0.15) is 33.6 Å². The van der Waals surface area contributed by atoms with E-state index in [0.29, 0.717) is 23.3 Å². The Hall–Kier alpha value is -0.0500. The summed E-state index contributed by atoms with van der Waals surface area (Å²) < 4.78 is 0. The van der Waals surface area contributed by atoms with Gasteiger partial charge in [0.25, 0.3) is 0 Å². The fourth-order valence-electron chi connectivity index (χ4n) is 2.42. The summed E-state index contributed by atoms with van der Waals surface area (Å²) in [6, 6.07) is 0.512. The molecule has 2 nitrogen and oxygen atoms in total. The predicted octanol–water partition coefficient (Wildman–Crippen LogP) is 2.42. The van der Waals surface area contributed by atoms with Crippen LogP contribution in [-0.4, -0.2) is 28.2 Å². The molecule has 0 radical (unpaired) electrons. The third kappa shape index (κ3) is 1.40. The number of amides is 1. The molecule has 3 heteroatoms. The zero-order valence-corrected chi connectivity index (χ0v) is 10.7. The largest absolute Gasteiger partial charge is 0.338 e. The van der Waals surface area contributed by atoms with Crippen molar-refractivity contribution < 1.29 is 4.79 Å². The van der Waals surface area contributed by atoms with E-state index >= 15 is 0 Å². The lowest BCUT2D eigenvalue weighted by molar-refractivity contribution is -0.128. The first-order chi connectivity index (χ1) is 6.47. The topological polar surface area (TPSA) is 20.3 Å². The van der Waals surface area contributed by atoms with E-state index in [1.54, 1.807) is 0 Å². The Morgan fingerprint density at radius 1 is 1.57 bits per heavy atom. The molecular weight excluding hydrogens is 242 g/mol. The molecule has 3 unspecified atom stereocenters. The van der Waals surface area contributed by atoms with E-state index in [1.807, 2.05) is 0 Å². The van der Waals surface area contributed by atoms with Crippen molar-refractivity contribution in [3.05, 3.63) is 0 Å². The average Bonchev–Trinajstić information content (AvgIpc) is 2.69. The van der Waals surface area contributed by atoms with Crippen molar-refractivity contribution in [2.24, 2.45) is 11.3 Å². The molecule has 1 saturated carbocycles. The van der Waals surface area contributed by atoms with E-state index in [9.17, 15) is 4.79 Å². The van der Waals surface area contributed by atoms with Gasteiger partial charge in [-0.15, -0.1) is 0 Å². The molecule has 0 bridgehead atoms. The number of likely N-dealkylation sites (tertiary alicyclic amines) is 1. The van der Waals surface area contributed by atoms with E-state index in [0.717, 1.165) is 13.0 Å². The smallest absolute Gasteiger partial charge is 0.236 e. The number of hydrogen-bond donors (Lipinski definition) is 0. The minimum absolute atomic E-state index is 0.0829. The van der Waals surface area contributed by atoms with Gasteiger partial charge >= 0.3 is 0 Å². The Kier molecular flexibility index (Phi) is 2.41. The first-order valence-corrected chi connectivity index (χ1v) is 6.33. The van der Waals surface area contributed by atoms with Crippen LogP contribution < -0.4 is 0 Å². The minimum Gasteiger partial charge on any atom is -0.338 e. The Bertz CT molecular complexity index is 266. The lowest BCUT2D eigenvalue weighted by Gasteiger charge is -2.22. The van der Waals surface area contributed by atoms with Crippen molar-refractivity contribution in [1.82, 2.24) is 4.90 Å². The summed E-state index contributed by atoms with van der Waals surface area (Å²) in [4.78, 5) is 13.9. The molecule has 1 heterocycles. The maximum absolute atomic E-state index is 11.8. The molecule has 0 aromatic carbocycles. The van der Waals surface area contributed by atoms with Gasteiger partial charge in [0.1, 0.15) is 0 Å². The molecule has 3 atom stereocenters. The molecule has 14 heavy (non-hydrogen) atoms. The zero-order chi connectivity index (χ0) is 10.5. The highest BCUT2D eigenvalue weighted by molar-refractivity contribution is 9.10. The third-order valence-electron chi connectivity index (χ3n) is 4.10. The number of rotatable bonds is 2. The van der Waals surface area contributed by atoms with Gasteiger partial charge in [-0.1, -0.05) is 36.7 Å². The van der Waals surface area contributed by atoms with Crippen LogP contribution in [0, 0.1) is 11.3 Å². The van der Waals surface area contributed by atoms with Crippen molar-refractivity contribution in [1.29, 1.82) is 0 Å².